The van der Waals surface area contributed by atoms with E-state index < -0.39 is 12.2 Å². The molecule has 0 amide bonds. The van der Waals surface area contributed by atoms with Crippen molar-refractivity contribution < 1.29 is 14.9 Å². The van der Waals surface area contributed by atoms with Gasteiger partial charge in [0, 0.05) is 18.7 Å². The van der Waals surface area contributed by atoms with Crippen LogP contribution in [-0.2, 0) is 12.8 Å². The van der Waals surface area contributed by atoms with E-state index in [1.807, 2.05) is 53.2 Å². The number of nitrogens with one attached hydrogen (secondary N) is 2. The Morgan fingerprint density at radius 3 is 2.60 bits per heavy atom. The first kappa shape index (κ1) is 28.0. The standard InChI is InChI=1S/C31H40N6O3/c1-2-22-19-37(31-27(22)30(32)35-20-36-31)26-17-23(28(38)29(26)39)18-34-14-7-13-33-15-12-21-8-6-11-25(16-21)40-24-9-4-3-5-10-24/h3-6,8-11,16,19-20,23,26,28-29,33-34,38-39H,2,7,12-15,17-18H2,1H3,(H2,32,35,36)/t23-,26-,28-,29+/m1/s1. The number of hydrogen-bond donors (Lipinski definition) is 5. The van der Waals surface area contributed by atoms with Crippen molar-refractivity contribution in [1.29, 1.82) is 0 Å². The van der Waals surface area contributed by atoms with Gasteiger partial charge in [0.25, 0.3) is 0 Å². The molecule has 0 saturated heterocycles. The molecule has 6 N–H and O–H groups in total. The van der Waals surface area contributed by atoms with E-state index in [0.29, 0.717) is 18.8 Å². The van der Waals surface area contributed by atoms with Crippen LogP contribution < -0.4 is 21.1 Å². The Labute approximate surface area is 235 Å². The fraction of sp³-hybridized carbons (Fsp3) is 0.419. The van der Waals surface area contributed by atoms with Gasteiger partial charge in [-0.15, -0.1) is 0 Å². The van der Waals surface area contributed by atoms with Crippen molar-refractivity contribution >= 4 is 16.9 Å². The van der Waals surface area contributed by atoms with E-state index in [9.17, 15) is 10.2 Å². The maximum Gasteiger partial charge on any atom is 0.146 e. The molecule has 0 bridgehead atoms. The molecule has 0 aliphatic heterocycles. The van der Waals surface area contributed by atoms with Crippen molar-refractivity contribution in [1.82, 2.24) is 25.2 Å². The van der Waals surface area contributed by atoms with Gasteiger partial charge in [0.2, 0.25) is 0 Å². The van der Waals surface area contributed by atoms with E-state index in [2.05, 4.69) is 39.7 Å². The van der Waals surface area contributed by atoms with E-state index in [4.69, 9.17) is 10.5 Å². The molecule has 212 valence electrons. The molecule has 2 heterocycles. The van der Waals surface area contributed by atoms with E-state index in [1.54, 1.807) is 0 Å². The second-order valence-electron chi connectivity index (χ2n) is 10.5. The van der Waals surface area contributed by atoms with E-state index in [0.717, 1.165) is 67.0 Å². The number of nitrogens with zero attached hydrogens (tertiary/aromatic N) is 3. The number of aromatic nitrogens is 3. The quantitative estimate of drug-likeness (QED) is 0.162. The molecule has 4 aromatic rings. The predicted octanol–water partition coefficient (Wildman–Crippen LogP) is 3.46. The van der Waals surface area contributed by atoms with Crippen LogP contribution in [0.4, 0.5) is 5.82 Å². The van der Waals surface area contributed by atoms with Gasteiger partial charge in [0.1, 0.15) is 35.4 Å². The molecule has 9 nitrogen and oxygen atoms in total. The van der Waals surface area contributed by atoms with Crippen molar-refractivity contribution in [3.05, 3.63) is 78.2 Å². The lowest BCUT2D eigenvalue weighted by atomic mass is 10.1. The molecule has 0 unspecified atom stereocenters. The van der Waals surface area contributed by atoms with Crippen molar-refractivity contribution in [2.24, 2.45) is 5.92 Å². The molecular formula is C31H40N6O3. The minimum Gasteiger partial charge on any atom is -0.457 e. The number of aliphatic hydroxyl groups excluding tert-OH is 2. The summed E-state index contributed by atoms with van der Waals surface area (Å²) in [5.74, 6) is 2.10. The van der Waals surface area contributed by atoms with Crippen LogP contribution in [0.2, 0.25) is 0 Å². The molecule has 4 atom stereocenters. The summed E-state index contributed by atoms with van der Waals surface area (Å²) in [7, 11) is 0. The fourth-order valence-electron chi connectivity index (χ4n) is 5.66. The van der Waals surface area contributed by atoms with Crippen molar-refractivity contribution in [2.75, 3.05) is 31.9 Å². The van der Waals surface area contributed by atoms with Gasteiger partial charge in [-0.2, -0.15) is 0 Å². The Balaban J connectivity index is 1.02. The highest BCUT2D eigenvalue weighted by molar-refractivity contribution is 5.89. The Morgan fingerprint density at radius 1 is 0.975 bits per heavy atom. The molecule has 0 radical (unpaired) electrons. The number of aliphatic hydroxyl groups is 2. The third-order valence-electron chi connectivity index (χ3n) is 7.81. The van der Waals surface area contributed by atoms with Gasteiger partial charge in [0.15, 0.2) is 0 Å². The molecule has 1 aliphatic carbocycles. The minimum absolute atomic E-state index is 0.0416. The second kappa shape index (κ2) is 13.2. The smallest absolute Gasteiger partial charge is 0.146 e. The molecule has 2 aromatic heterocycles. The SMILES string of the molecule is CCc1cn([C@@H]2C[C@H](CNCCCNCCc3cccc(Oc4ccccc4)c3)[C@@H](O)[C@H]2O)c2ncnc(N)c12. The molecule has 40 heavy (non-hydrogen) atoms. The van der Waals surface area contributed by atoms with Gasteiger partial charge in [-0.25, -0.2) is 9.97 Å². The Morgan fingerprint density at radius 2 is 1.77 bits per heavy atom. The second-order valence-corrected chi connectivity index (χ2v) is 10.5. The average Bonchev–Trinajstić information content (AvgIpc) is 3.48. The highest BCUT2D eigenvalue weighted by Crippen LogP contribution is 2.38. The van der Waals surface area contributed by atoms with Crippen LogP contribution in [-0.4, -0.2) is 63.1 Å². The van der Waals surface area contributed by atoms with Crippen molar-refractivity contribution in [3.8, 4) is 11.5 Å². The number of benzene rings is 2. The van der Waals surface area contributed by atoms with Crippen LogP contribution in [0.15, 0.2) is 67.1 Å². The predicted molar refractivity (Wildman–Crippen MR) is 157 cm³/mol. The molecule has 2 aromatic carbocycles. The van der Waals surface area contributed by atoms with E-state index in [-0.39, 0.29) is 12.0 Å². The van der Waals surface area contributed by atoms with Gasteiger partial charge in [0.05, 0.1) is 17.5 Å². The summed E-state index contributed by atoms with van der Waals surface area (Å²) in [5.41, 5.74) is 9.13. The summed E-state index contributed by atoms with van der Waals surface area (Å²) in [6.07, 6.45) is 5.17. The summed E-state index contributed by atoms with van der Waals surface area (Å²) >= 11 is 0. The first-order valence-corrected chi connectivity index (χ1v) is 14.2. The topological polar surface area (TPSA) is 130 Å². The highest BCUT2D eigenvalue weighted by atomic mass is 16.5. The summed E-state index contributed by atoms with van der Waals surface area (Å²) in [6.45, 7) is 5.35. The van der Waals surface area contributed by atoms with E-state index >= 15 is 0 Å². The average molecular weight is 545 g/mol. The normalized spacial score (nSPS) is 20.8. The summed E-state index contributed by atoms with van der Waals surface area (Å²) < 4.78 is 7.91. The monoisotopic (exact) mass is 544 g/mol. The number of fused-ring (bicyclic) bond motifs is 1. The Hall–Kier alpha value is -3.50. The highest BCUT2D eigenvalue weighted by Gasteiger charge is 2.42. The molecule has 9 heteroatoms. The fourth-order valence-corrected chi connectivity index (χ4v) is 5.66. The largest absolute Gasteiger partial charge is 0.457 e. The summed E-state index contributed by atoms with van der Waals surface area (Å²) in [6, 6.07) is 17.8. The first-order chi connectivity index (χ1) is 19.5. The zero-order chi connectivity index (χ0) is 27.9. The number of nitrogen functional groups attached to an aromatic ring is 1. The maximum atomic E-state index is 10.9. The Bertz CT molecular complexity index is 1380. The molecule has 1 aliphatic rings. The lowest BCUT2D eigenvalue weighted by molar-refractivity contribution is 0.00692. The maximum absolute atomic E-state index is 10.9. The number of para-hydroxylation sites is 1. The van der Waals surface area contributed by atoms with Crippen molar-refractivity contribution in [2.45, 2.75) is 50.9 Å². The van der Waals surface area contributed by atoms with Gasteiger partial charge in [-0.3, -0.25) is 0 Å². The third-order valence-corrected chi connectivity index (χ3v) is 7.81. The molecule has 1 fully saturated rings. The molecule has 0 spiro atoms. The number of nitrogens with two attached hydrogens (primary N) is 1. The van der Waals surface area contributed by atoms with Crippen LogP contribution in [0.25, 0.3) is 11.0 Å². The van der Waals surface area contributed by atoms with E-state index in [1.165, 1.54) is 11.9 Å². The van der Waals surface area contributed by atoms with Gasteiger partial charge in [-0.05, 0) is 80.7 Å². The number of rotatable bonds is 13. The summed E-state index contributed by atoms with van der Waals surface area (Å²) in [5, 5.41) is 29.5. The number of ether oxygens (including phenoxy) is 1. The molecule has 1 saturated carbocycles. The first-order valence-electron chi connectivity index (χ1n) is 14.2. The van der Waals surface area contributed by atoms with Crippen LogP contribution >= 0.6 is 0 Å². The van der Waals surface area contributed by atoms with Crippen molar-refractivity contribution in [3.63, 3.8) is 0 Å². The Kier molecular flexibility index (Phi) is 9.28. The van der Waals surface area contributed by atoms with Crippen LogP contribution in [0.1, 0.15) is 36.9 Å². The molecule has 5 rings (SSSR count). The number of hydrogen-bond acceptors (Lipinski definition) is 8. The lowest BCUT2D eigenvalue weighted by Gasteiger charge is -2.19. The van der Waals surface area contributed by atoms with Crippen LogP contribution in [0.5, 0.6) is 11.5 Å². The van der Waals surface area contributed by atoms with Crippen LogP contribution in [0, 0.1) is 5.92 Å². The van der Waals surface area contributed by atoms with Gasteiger partial charge in [-0.1, -0.05) is 37.3 Å². The zero-order valence-corrected chi connectivity index (χ0v) is 23.0. The third kappa shape index (κ3) is 6.45. The van der Waals surface area contributed by atoms with Gasteiger partial charge < -0.3 is 35.9 Å². The summed E-state index contributed by atoms with van der Waals surface area (Å²) in [4.78, 5) is 8.58. The number of aryl methyl sites for hydroxylation is 1. The zero-order valence-electron chi connectivity index (χ0n) is 23.0. The minimum atomic E-state index is -0.860. The van der Waals surface area contributed by atoms with Gasteiger partial charge >= 0.3 is 0 Å². The number of anilines is 1. The molecular weight excluding hydrogens is 504 g/mol. The lowest BCUT2D eigenvalue weighted by Crippen LogP contribution is -2.34. The van der Waals surface area contributed by atoms with Crippen LogP contribution in [0.3, 0.4) is 0 Å².